The van der Waals surface area contributed by atoms with Crippen LogP contribution in [0.15, 0.2) is 42.7 Å². The molecule has 2 aromatic rings. The average molecular weight is 246 g/mol. The lowest BCUT2D eigenvalue weighted by atomic mass is 10.1. The van der Waals surface area contributed by atoms with Crippen molar-refractivity contribution >= 4 is 0 Å². The van der Waals surface area contributed by atoms with Gasteiger partial charge < -0.3 is 10.5 Å². The first-order chi connectivity index (χ1) is 8.65. The first-order valence-electron chi connectivity index (χ1n) is 5.73. The van der Waals surface area contributed by atoms with E-state index < -0.39 is 0 Å². The number of pyridine rings is 1. The van der Waals surface area contributed by atoms with Crippen LogP contribution >= 0.6 is 0 Å². The second kappa shape index (κ2) is 5.60. The van der Waals surface area contributed by atoms with Crippen LogP contribution in [0.4, 0.5) is 4.39 Å². The van der Waals surface area contributed by atoms with Crippen LogP contribution in [0.3, 0.4) is 0 Å². The molecule has 1 aromatic carbocycles. The van der Waals surface area contributed by atoms with Crippen molar-refractivity contribution in [3.63, 3.8) is 0 Å². The summed E-state index contributed by atoms with van der Waals surface area (Å²) >= 11 is 0. The fraction of sp³-hybridized carbons (Fsp3) is 0.214. The topological polar surface area (TPSA) is 48.1 Å². The second-order valence-electron chi connectivity index (χ2n) is 4.16. The average Bonchev–Trinajstić information content (AvgIpc) is 2.37. The van der Waals surface area contributed by atoms with Gasteiger partial charge in [0.1, 0.15) is 18.2 Å². The summed E-state index contributed by atoms with van der Waals surface area (Å²) in [7, 11) is 0. The predicted molar refractivity (Wildman–Crippen MR) is 67.6 cm³/mol. The van der Waals surface area contributed by atoms with Crippen LogP contribution in [-0.2, 0) is 6.61 Å². The Morgan fingerprint density at radius 1 is 1.33 bits per heavy atom. The van der Waals surface area contributed by atoms with Gasteiger partial charge in [-0.2, -0.15) is 0 Å². The van der Waals surface area contributed by atoms with Crippen LogP contribution in [0.25, 0.3) is 0 Å². The van der Waals surface area contributed by atoms with Crippen molar-refractivity contribution in [2.45, 2.75) is 19.6 Å². The summed E-state index contributed by atoms with van der Waals surface area (Å²) in [4.78, 5) is 3.77. The summed E-state index contributed by atoms with van der Waals surface area (Å²) in [6.07, 6.45) is 2.75. The molecule has 2 N–H and O–H groups in total. The summed E-state index contributed by atoms with van der Waals surface area (Å²) in [5.41, 5.74) is 7.49. The molecule has 18 heavy (non-hydrogen) atoms. The predicted octanol–water partition coefficient (Wildman–Crippen LogP) is 2.82. The van der Waals surface area contributed by atoms with Gasteiger partial charge in [-0.05, 0) is 30.7 Å². The Morgan fingerprint density at radius 2 is 2.17 bits per heavy atom. The van der Waals surface area contributed by atoms with E-state index in [2.05, 4.69) is 4.98 Å². The number of benzene rings is 1. The molecule has 0 fully saturated rings. The molecule has 0 spiro atoms. The minimum absolute atomic E-state index is 0.0376. The monoisotopic (exact) mass is 246 g/mol. The molecule has 0 aliphatic carbocycles. The van der Waals surface area contributed by atoms with Gasteiger partial charge in [0.2, 0.25) is 0 Å². The van der Waals surface area contributed by atoms with Crippen LogP contribution in [0.2, 0.25) is 0 Å². The molecular weight excluding hydrogens is 231 g/mol. The smallest absolute Gasteiger partial charge is 0.141 e. The molecule has 0 saturated heterocycles. The maximum absolute atomic E-state index is 12.9. The first-order valence-corrected chi connectivity index (χ1v) is 5.73. The van der Waals surface area contributed by atoms with E-state index in [4.69, 9.17) is 10.5 Å². The van der Waals surface area contributed by atoms with Crippen molar-refractivity contribution in [3.8, 4) is 5.75 Å². The molecule has 0 bridgehead atoms. The highest BCUT2D eigenvalue weighted by Crippen LogP contribution is 2.18. The summed E-state index contributed by atoms with van der Waals surface area (Å²) in [6, 6.07) is 8.93. The highest BCUT2D eigenvalue weighted by atomic mass is 19.1. The molecule has 0 radical (unpaired) electrons. The minimum atomic E-state index is -0.361. The third-order valence-corrected chi connectivity index (χ3v) is 2.55. The maximum Gasteiger partial charge on any atom is 0.141 e. The molecule has 0 aliphatic rings. The van der Waals surface area contributed by atoms with Crippen LogP contribution in [0, 0.1) is 5.82 Å². The van der Waals surface area contributed by atoms with Gasteiger partial charge in [-0.15, -0.1) is 0 Å². The van der Waals surface area contributed by atoms with E-state index in [1.54, 1.807) is 6.20 Å². The SMILES string of the molecule is C[C@H](N)c1cccc(OCc2cncc(F)c2)c1. The van der Waals surface area contributed by atoms with Crippen molar-refractivity contribution in [3.05, 3.63) is 59.7 Å². The van der Waals surface area contributed by atoms with Crippen LogP contribution in [0.1, 0.15) is 24.1 Å². The first kappa shape index (κ1) is 12.5. The van der Waals surface area contributed by atoms with Crippen molar-refractivity contribution < 1.29 is 9.13 Å². The molecule has 0 amide bonds. The molecule has 0 aliphatic heterocycles. The van der Waals surface area contributed by atoms with E-state index in [0.29, 0.717) is 11.3 Å². The Hall–Kier alpha value is -1.94. The van der Waals surface area contributed by atoms with Gasteiger partial charge in [-0.25, -0.2) is 4.39 Å². The molecular formula is C14H15FN2O. The number of hydrogen-bond donors (Lipinski definition) is 1. The molecule has 1 aromatic heterocycles. The number of halogens is 1. The number of aromatic nitrogens is 1. The highest BCUT2D eigenvalue weighted by Gasteiger charge is 2.02. The van der Waals surface area contributed by atoms with E-state index in [1.165, 1.54) is 12.3 Å². The van der Waals surface area contributed by atoms with Gasteiger partial charge in [0.25, 0.3) is 0 Å². The molecule has 0 unspecified atom stereocenters. The fourth-order valence-electron chi connectivity index (χ4n) is 1.59. The van der Waals surface area contributed by atoms with Gasteiger partial charge in [0.05, 0.1) is 6.20 Å². The quantitative estimate of drug-likeness (QED) is 0.902. The second-order valence-corrected chi connectivity index (χ2v) is 4.16. The molecule has 1 atom stereocenters. The van der Waals surface area contributed by atoms with Gasteiger partial charge in [-0.3, -0.25) is 4.98 Å². The van der Waals surface area contributed by atoms with E-state index in [-0.39, 0.29) is 18.5 Å². The normalized spacial score (nSPS) is 12.2. The van der Waals surface area contributed by atoms with Crippen molar-refractivity contribution in [1.29, 1.82) is 0 Å². The number of ether oxygens (including phenoxy) is 1. The number of hydrogen-bond acceptors (Lipinski definition) is 3. The Bertz CT molecular complexity index is 529. The lowest BCUT2D eigenvalue weighted by molar-refractivity contribution is 0.304. The zero-order valence-corrected chi connectivity index (χ0v) is 10.1. The summed E-state index contributed by atoms with van der Waals surface area (Å²) in [5.74, 6) is 0.356. The van der Waals surface area contributed by atoms with Gasteiger partial charge in [0.15, 0.2) is 0 Å². The Morgan fingerprint density at radius 3 is 2.89 bits per heavy atom. The van der Waals surface area contributed by atoms with Crippen LogP contribution in [0.5, 0.6) is 5.75 Å². The zero-order valence-electron chi connectivity index (χ0n) is 10.1. The Labute approximate surface area is 105 Å². The van der Waals surface area contributed by atoms with Gasteiger partial charge in [0, 0.05) is 17.8 Å². The Kier molecular flexibility index (Phi) is 3.89. The lowest BCUT2D eigenvalue weighted by Crippen LogP contribution is -2.05. The molecule has 0 saturated carbocycles. The maximum atomic E-state index is 12.9. The van der Waals surface area contributed by atoms with Crippen LogP contribution < -0.4 is 10.5 Å². The summed E-state index contributed by atoms with van der Waals surface area (Å²) in [5, 5.41) is 0. The van der Waals surface area contributed by atoms with Crippen molar-refractivity contribution in [2.75, 3.05) is 0 Å². The zero-order chi connectivity index (χ0) is 13.0. The highest BCUT2D eigenvalue weighted by molar-refractivity contribution is 5.30. The summed E-state index contributed by atoms with van der Waals surface area (Å²) in [6.45, 7) is 2.20. The number of nitrogens with two attached hydrogens (primary N) is 1. The van der Waals surface area contributed by atoms with Crippen molar-refractivity contribution in [1.82, 2.24) is 4.98 Å². The van der Waals surface area contributed by atoms with E-state index >= 15 is 0 Å². The molecule has 2 rings (SSSR count). The molecule has 4 heteroatoms. The fourth-order valence-corrected chi connectivity index (χ4v) is 1.59. The third kappa shape index (κ3) is 3.28. The lowest BCUT2D eigenvalue weighted by Gasteiger charge is -2.10. The van der Waals surface area contributed by atoms with E-state index in [1.807, 2.05) is 31.2 Å². The van der Waals surface area contributed by atoms with Crippen LogP contribution in [-0.4, -0.2) is 4.98 Å². The number of nitrogens with zero attached hydrogens (tertiary/aromatic N) is 1. The third-order valence-electron chi connectivity index (χ3n) is 2.55. The van der Waals surface area contributed by atoms with Gasteiger partial charge in [-0.1, -0.05) is 12.1 Å². The van der Waals surface area contributed by atoms with Gasteiger partial charge >= 0.3 is 0 Å². The molecule has 3 nitrogen and oxygen atoms in total. The Balaban J connectivity index is 2.04. The number of rotatable bonds is 4. The van der Waals surface area contributed by atoms with E-state index in [0.717, 1.165) is 5.56 Å². The largest absolute Gasteiger partial charge is 0.489 e. The van der Waals surface area contributed by atoms with E-state index in [9.17, 15) is 4.39 Å². The standard InChI is InChI=1S/C14H15FN2O/c1-10(16)12-3-2-4-14(6-12)18-9-11-5-13(15)8-17-7-11/h2-8,10H,9,16H2,1H3/t10-/m0/s1. The molecule has 94 valence electrons. The minimum Gasteiger partial charge on any atom is -0.489 e. The summed E-state index contributed by atoms with van der Waals surface area (Å²) < 4.78 is 18.5. The van der Waals surface area contributed by atoms with Crippen molar-refractivity contribution in [2.24, 2.45) is 5.73 Å². The molecule has 1 heterocycles.